The zero-order valence-electron chi connectivity index (χ0n) is 17.7. The van der Waals surface area contributed by atoms with Crippen LogP contribution in [0.25, 0.3) is 0 Å². The Morgan fingerprint density at radius 3 is 2.26 bits per heavy atom. The summed E-state index contributed by atoms with van der Waals surface area (Å²) in [4.78, 5) is 35.7. The summed E-state index contributed by atoms with van der Waals surface area (Å²) in [6.07, 6.45) is -5.53. The standard InChI is InChI=1S/C20H25F3N2O6/c1-19(2,3)31-18(28)25(10-9-14(11-25)24-17(27)20(21,22)23)12-30-15-7-5-13(6-8-15)16(26)29-4/h5-8,14H,9-12H2,1-4H3/p+1. The van der Waals surface area contributed by atoms with Crippen LogP contribution >= 0.6 is 0 Å². The van der Waals surface area contributed by atoms with Gasteiger partial charge in [0.2, 0.25) is 6.73 Å². The third kappa shape index (κ3) is 6.58. The quantitative estimate of drug-likeness (QED) is 0.551. The second-order valence-electron chi connectivity index (χ2n) is 8.28. The summed E-state index contributed by atoms with van der Waals surface area (Å²) >= 11 is 0. The summed E-state index contributed by atoms with van der Waals surface area (Å²) in [6, 6.07) is 5.12. The molecule has 31 heavy (non-hydrogen) atoms. The Balaban J connectivity index is 2.15. The minimum atomic E-state index is -5.01. The third-order valence-electron chi connectivity index (χ3n) is 4.60. The highest BCUT2D eigenvalue weighted by Gasteiger charge is 2.50. The van der Waals surface area contributed by atoms with Crippen molar-refractivity contribution in [3.8, 4) is 5.75 Å². The van der Waals surface area contributed by atoms with E-state index in [0.29, 0.717) is 11.3 Å². The molecule has 2 unspecified atom stereocenters. The molecule has 1 aliphatic heterocycles. The molecule has 2 atom stereocenters. The Morgan fingerprint density at radius 1 is 1.13 bits per heavy atom. The van der Waals surface area contributed by atoms with Crippen molar-refractivity contribution in [2.75, 3.05) is 26.9 Å². The molecule has 1 fully saturated rings. The maximum absolute atomic E-state index is 12.9. The lowest BCUT2D eigenvalue weighted by atomic mass is 10.2. The lowest BCUT2D eigenvalue weighted by Gasteiger charge is -2.32. The maximum Gasteiger partial charge on any atom is 0.519 e. The Kier molecular flexibility index (Phi) is 7.20. The van der Waals surface area contributed by atoms with Gasteiger partial charge in [0, 0.05) is 6.42 Å². The van der Waals surface area contributed by atoms with E-state index in [2.05, 4.69) is 4.74 Å². The highest BCUT2D eigenvalue weighted by molar-refractivity contribution is 5.89. The number of amides is 2. The van der Waals surface area contributed by atoms with Gasteiger partial charge in [0.1, 0.15) is 17.9 Å². The minimum absolute atomic E-state index is 0.114. The number of carbonyl (C=O) groups excluding carboxylic acids is 3. The first-order chi connectivity index (χ1) is 14.3. The van der Waals surface area contributed by atoms with E-state index in [4.69, 9.17) is 9.47 Å². The van der Waals surface area contributed by atoms with Gasteiger partial charge >= 0.3 is 24.1 Å². The summed E-state index contributed by atoms with van der Waals surface area (Å²) in [5, 5.41) is 1.92. The van der Waals surface area contributed by atoms with Crippen LogP contribution in [0.15, 0.2) is 24.3 Å². The van der Waals surface area contributed by atoms with Crippen molar-refractivity contribution < 1.29 is 46.2 Å². The van der Waals surface area contributed by atoms with Gasteiger partial charge in [-0.15, -0.1) is 0 Å². The Morgan fingerprint density at radius 2 is 1.74 bits per heavy atom. The van der Waals surface area contributed by atoms with Crippen LogP contribution in [0, 0.1) is 0 Å². The molecule has 1 saturated heterocycles. The largest absolute Gasteiger partial charge is 0.519 e. The fourth-order valence-electron chi connectivity index (χ4n) is 3.09. The molecule has 0 aliphatic carbocycles. The van der Waals surface area contributed by atoms with Gasteiger partial charge in [-0.1, -0.05) is 0 Å². The first kappa shape index (κ1) is 24.4. The Hall–Kier alpha value is -2.82. The number of likely N-dealkylation sites (tertiary alicyclic amines) is 1. The number of esters is 1. The van der Waals surface area contributed by atoms with Crippen LogP contribution in [0.4, 0.5) is 18.0 Å². The topological polar surface area (TPSA) is 90.9 Å². The van der Waals surface area contributed by atoms with Crippen molar-refractivity contribution in [1.29, 1.82) is 0 Å². The molecule has 1 aliphatic rings. The SMILES string of the molecule is COC(=O)c1ccc(OC[N+]2(C(=O)OC(C)(C)C)CCC(NC(=O)C(F)(F)F)C2)cc1. The molecule has 0 aromatic heterocycles. The number of ether oxygens (including phenoxy) is 3. The fourth-order valence-corrected chi connectivity index (χ4v) is 3.09. The molecule has 0 saturated carbocycles. The number of hydrogen-bond acceptors (Lipinski definition) is 6. The van der Waals surface area contributed by atoms with Crippen LogP contribution in [0.1, 0.15) is 37.6 Å². The van der Waals surface area contributed by atoms with Crippen molar-refractivity contribution in [3.05, 3.63) is 29.8 Å². The first-order valence-corrected chi connectivity index (χ1v) is 9.54. The predicted molar refractivity (Wildman–Crippen MR) is 102 cm³/mol. The molecule has 1 N–H and O–H groups in total. The Bertz CT molecular complexity index is 820. The zero-order chi connectivity index (χ0) is 23.4. The normalized spacial score (nSPS) is 21.3. The molecular formula is C20H26F3N2O6+. The van der Waals surface area contributed by atoms with E-state index < -0.39 is 40.3 Å². The van der Waals surface area contributed by atoms with Gasteiger partial charge in [-0.05, 0) is 45.0 Å². The van der Waals surface area contributed by atoms with Gasteiger partial charge in [-0.25, -0.2) is 4.79 Å². The summed E-state index contributed by atoms with van der Waals surface area (Å²) in [5.41, 5.74) is -0.514. The molecule has 2 amide bonds. The summed E-state index contributed by atoms with van der Waals surface area (Å²) in [5.74, 6) is -2.23. The van der Waals surface area contributed by atoms with Crippen molar-refractivity contribution in [3.63, 3.8) is 0 Å². The van der Waals surface area contributed by atoms with E-state index in [1.165, 1.54) is 31.4 Å². The Labute approximate surface area is 177 Å². The minimum Gasteiger partial charge on any atom is -0.465 e. The van der Waals surface area contributed by atoms with Crippen molar-refractivity contribution in [2.45, 2.75) is 45.0 Å². The maximum atomic E-state index is 12.9. The zero-order valence-corrected chi connectivity index (χ0v) is 17.7. The molecule has 2 rings (SSSR count). The first-order valence-electron chi connectivity index (χ1n) is 9.54. The molecule has 0 bridgehead atoms. The molecular weight excluding hydrogens is 421 g/mol. The summed E-state index contributed by atoms with van der Waals surface area (Å²) < 4.78 is 53.1. The van der Waals surface area contributed by atoms with E-state index in [1.807, 2.05) is 5.32 Å². The summed E-state index contributed by atoms with van der Waals surface area (Å²) in [6.45, 7) is 4.81. The lowest BCUT2D eigenvalue weighted by Crippen LogP contribution is -2.57. The van der Waals surface area contributed by atoms with Crippen LogP contribution in [-0.2, 0) is 14.3 Å². The second kappa shape index (κ2) is 9.13. The average molecular weight is 447 g/mol. The highest BCUT2D eigenvalue weighted by Crippen LogP contribution is 2.26. The van der Waals surface area contributed by atoms with Gasteiger partial charge in [0.15, 0.2) is 0 Å². The monoisotopic (exact) mass is 447 g/mol. The van der Waals surface area contributed by atoms with E-state index in [-0.39, 0.29) is 26.2 Å². The number of halogens is 3. The molecule has 1 aromatic carbocycles. The molecule has 1 heterocycles. The van der Waals surface area contributed by atoms with Gasteiger partial charge in [-0.2, -0.15) is 22.4 Å². The highest BCUT2D eigenvalue weighted by atomic mass is 19.4. The van der Waals surface area contributed by atoms with E-state index in [0.717, 1.165) is 0 Å². The van der Waals surface area contributed by atoms with E-state index >= 15 is 0 Å². The van der Waals surface area contributed by atoms with Crippen LogP contribution in [0.5, 0.6) is 5.75 Å². The number of alkyl halides is 3. The molecule has 11 heteroatoms. The number of benzene rings is 1. The van der Waals surface area contributed by atoms with Crippen LogP contribution in [0.2, 0.25) is 0 Å². The van der Waals surface area contributed by atoms with Gasteiger partial charge < -0.3 is 19.5 Å². The van der Waals surface area contributed by atoms with Crippen LogP contribution in [0.3, 0.4) is 0 Å². The number of quaternary nitrogens is 1. The van der Waals surface area contributed by atoms with Crippen LogP contribution in [-0.4, -0.2) is 67.2 Å². The number of rotatable bonds is 5. The number of nitrogens with zero attached hydrogens (tertiary/aromatic N) is 1. The van der Waals surface area contributed by atoms with Gasteiger partial charge in [0.25, 0.3) is 0 Å². The lowest BCUT2D eigenvalue weighted by molar-refractivity contribution is -0.863. The van der Waals surface area contributed by atoms with Gasteiger partial charge in [0.05, 0.1) is 25.3 Å². The van der Waals surface area contributed by atoms with Crippen molar-refractivity contribution in [2.24, 2.45) is 0 Å². The average Bonchev–Trinajstić information content (AvgIpc) is 3.08. The second-order valence-corrected chi connectivity index (χ2v) is 8.28. The number of nitrogens with one attached hydrogen (secondary N) is 1. The van der Waals surface area contributed by atoms with Crippen molar-refractivity contribution >= 4 is 18.0 Å². The van der Waals surface area contributed by atoms with E-state index in [1.54, 1.807) is 20.8 Å². The third-order valence-corrected chi connectivity index (χ3v) is 4.60. The summed E-state index contributed by atoms with van der Waals surface area (Å²) in [7, 11) is 1.25. The van der Waals surface area contributed by atoms with E-state index in [9.17, 15) is 27.6 Å². The molecule has 1 aromatic rings. The van der Waals surface area contributed by atoms with Crippen LogP contribution < -0.4 is 10.1 Å². The number of carbonyl (C=O) groups is 3. The number of hydrogen-bond donors (Lipinski definition) is 1. The smallest absolute Gasteiger partial charge is 0.465 e. The predicted octanol–water partition coefficient (Wildman–Crippen LogP) is 3.01. The molecule has 172 valence electrons. The van der Waals surface area contributed by atoms with Crippen molar-refractivity contribution in [1.82, 2.24) is 5.32 Å². The fraction of sp³-hybridized carbons (Fsp3) is 0.550. The number of methoxy groups -OCH3 is 1. The molecule has 0 radical (unpaired) electrons. The molecule has 8 nitrogen and oxygen atoms in total. The van der Waals surface area contributed by atoms with Gasteiger partial charge in [-0.3, -0.25) is 4.79 Å². The molecule has 0 spiro atoms.